The number of rotatable bonds is 7. The third kappa shape index (κ3) is 7.33. The first-order chi connectivity index (χ1) is 11.8. The Bertz CT molecular complexity index is 538. The molecule has 1 fully saturated rings. The number of piperazine rings is 1. The predicted molar refractivity (Wildman–Crippen MR) is 118 cm³/mol. The summed E-state index contributed by atoms with van der Waals surface area (Å²) in [5.41, 5.74) is 2.73. The normalized spacial score (nSPS) is 16.2. The van der Waals surface area contributed by atoms with Crippen LogP contribution in [0.15, 0.2) is 41.9 Å². The third-order valence-corrected chi connectivity index (χ3v) is 4.51. The fourth-order valence-corrected chi connectivity index (χ4v) is 2.96. The van der Waals surface area contributed by atoms with Crippen LogP contribution in [0.2, 0.25) is 0 Å². The van der Waals surface area contributed by atoms with E-state index in [1.165, 1.54) is 24.2 Å². The molecule has 1 saturated heterocycles. The molecule has 1 aromatic rings. The van der Waals surface area contributed by atoms with Crippen LogP contribution in [0.25, 0.3) is 0 Å². The Morgan fingerprint density at radius 2 is 1.76 bits per heavy atom. The van der Waals surface area contributed by atoms with Gasteiger partial charge in [-0.3, -0.25) is 9.89 Å². The van der Waals surface area contributed by atoms with E-state index in [1.807, 2.05) is 6.08 Å². The van der Waals surface area contributed by atoms with Crippen LogP contribution in [0.4, 0.5) is 0 Å². The molecule has 0 bridgehead atoms. The summed E-state index contributed by atoms with van der Waals surface area (Å²) < 4.78 is 0. The first-order valence-electron chi connectivity index (χ1n) is 8.83. The van der Waals surface area contributed by atoms with Crippen LogP contribution in [-0.2, 0) is 13.1 Å². The summed E-state index contributed by atoms with van der Waals surface area (Å²) >= 11 is 0. The predicted octanol–water partition coefficient (Wildman–Crippen LogP) is 2.29. The van der Waals surface area contributed by atoms with Crippen molar-refractivity contribution in [3.05, 3.63) is 48.0 Å². The van der Waals surface area contributed by atoms with Crippen LogP contribution in [-0.4, -0.2) is 62.1 Å². The highest BCUT2D eigenvalue weighted by molar-refractivity contribution is 14.0. The van der Waals surface area contributed by atoms with Gasteiger partial charge in [0.15, 0.2) is 5.96 Å². The smallest absolute Gasteiger partial charge is 0.191 e. The molecule has 25 heavy (non-hydrogen) atoms. The van der Waals surface area contributed by atoms with Crippen LogP contribution in [0.1, 0.15) is 18.1 Å². The van der Waals surface area contributed by atoms with Gasteiger partial charge in [0.05, 0.1) is 0 Å². The molecular weight excluding hydrogens is 425 g/mol. The average Bonchev–Trinajstić information content (AvgIpc) is 2.63. The fourth-order valence-electron chi connectivity index (χ4n) is 2.96. The second-order valence-electron chi connectivity index (χ2n) is 6.07. The van der Waals surface area contributed by atoms with Crippen molar-refractivity contribution >= 4 is 29.9 Å². The van der Waals surface area contributed by atoms with Crippen molar-refractivity contribution in [2.75, 3.05) is 46.3 Å². The fraction of sp³-hybridized carbons (Fsp3) is 0.526. The second-order valence-corrected chi connectivity index (χ2v) is 6.07. The van der Waals surface area contributed by atoms with Crippen molar-refractivity contribution in [1.82, 2.24) is 20.4 Å². The molecule has 0 aliphatic carbocycles. The molecule has 140 valence electrons. The van der Waals surface area contributed by atoms with Crippen LogP contribution >= 0.6 is 24.0 Å². The number of nitrogens with zero attached hydrogens (tertiary/aromatic N) is 3. The Morgan fingerprint density at radius 3 is 2.36 bits per heavy atom. The molecule has 0 amide bonds. The summed E-state index contributed by atoms with van der Waals surface area (Å²) in [5, 5.41) is 6.59. The van der Waals surface area contributed by atoms with Gasteiger partial charge in [-0.2, -0.15) is 0 Å². The van der Waals surface area contributed by atoms with E-state index in [4.69, 9.17) is 0 Å². The van der Waals surface area contributed by atoms with Gasteiger partial charge in [-0.25, -0.2) is 0 Å². The summed E-state index contributed by atoms with van der Waals surface area (Å²) in [6.45, 7) is 14.3. The van der Waals surface area contributed by atoms with Crippen LogP contribution in [0.5, 0.6) is 0 Å². The van der Waals surface area contributed by atoms with Crippen LogP contribution in [0, 0.1) is 0 Å². The summed E-state index contributed by atoms with van der Waals surface area (Å²) in [7, 11) is 1.79. The molecule has 5 nitrogen and oxygen atoms in total. The van der Waals surface area contributed by atoms with Crippen molar-refractivity contribution in [2.24, 2.45) is 4.99 Å². The number of guanidine groups is 1. The SMILES string of the molecule is C=CCNC(=NC)NCc1ccccc1CN1CCN(CC)CC1.I. The van der Waals surface area contributed by atoms with Crippen LogP contribution in [0.3, 0.4) is 0 Å². The molecule has 0 saturated carbocycles. The molecule has 1 aliphatic heterocycles. The molecule has 0 atom stereocenters. The van der Waals surface area contributed by atoms with Crippen molar-refractivity contribution in [3.63, 3.8) is 0 Å². The minimum atomic E-state index is 0. The number of hydrogen-bond acceptors (Lipinski definition) is 3. The Hall–Kier alpha value is -1.12. The van der Waals surface area contributed by atoms with E-state index < -0.39 is 0 Å². The van der Waals surface area contributed by atoms with Gasteiger partial charge in [0.1, 0.15) is 0 Å². The van der Waals surface area contributed by atoms with Crippen LogP contribution < -0.4 is 10.6 Å². The summed E-state index contributed by atoms with van der Waals surface area (Å²) in [5.74, 6) is 0.807. The zero-order valence-corrected chi connectivity index (χ0v) is 17.8. The number of nitrogens with one attached hydrogen (secondary N) is 2. The maximum absolute atomic E-state index is 4.23. The molecule has 1 aromatic carbocycles. The molecule has 1 heterocycles. The Balaban J connectivity index is 0.00000312. The van der Waals surface area contributed by atoms with Gasteiger partial charge in [0.25, 0.3) is 0 Å². The number of hydrogen-bond donors (Lipinski definition) is 2. The van der Waals surface area contributed by atoms with Gasteiger partial charge in [0.2, 0.25) is 0 Å². The number of halogens is 1. The highest BCUT2D eigenvalue weighted by Crippen LogP contribution is 2.13. The summed E-state index contributed by atoms with van der Waals surface area (Å²) in [4.78, 5) is 9.30. The molecule has 2 N–H and O–H groups in total. The van der Waals surface area contributed by atoms with E-state index in [0.29, 0.717) is 6.54 Å². The van der Waals surface area contributed by atoms with Crippen molar-refractivity contribution in [2.45, 2.75) is 20.0 Å². The summed E-state index contributed by atoms with van der Waals surface area (Å²) in [6.07, 6.45) is 1.83. The van der Waals surface area contributed by atoms with E-state index >= 15 is 0 Å². The molecule has 0 aromatic heterocycles. The van der Waals surface area contributed by atoms with E-state index in [-0.39, 0.29) is 24.0 Å². The minimum absolute atomic E-state index is 0. The lowest BCUT2D eigenvalue weighted by Crippen LogP contribution is -2.45. The third-order valence-electron chi connectivity index (χ3n) is 4.51. The van der Waals surface area contributed by atoms with Gasteiger partial charge in [-0.05, 0) is 17.7 Å². The minimum Gasteiger partial charge on any atom is -0.353 e. The molecule has 2 rings (SSSR count). The standard InChI is InChI=1S/C19H31N5.HI/c1-4-10-21-19(20-3)22-15-17-8-6-7-9-18(17)16-24-13-11-23(5-2)12-14-24;/h4,6-9H,1,5,10-16H2,2-3H3,(H2,20,21,22);1H. The molecule has 0 radical (unpaired) electrons. The lowest BCUT2D eigenvalue weighted by atomic mass is 10.1. The zero-order valence-electron chi connectivity index (χ0n) is 15.5. The van der Waals surface area contributed by atoms with Crippen molar-refractivity contribution in [1.29, 1.82) is 0 Å². The molecular formula is C19H32IN5. The quantitative estimate of drug-likeness (QED) is 0.286. The number of benzene rings is 1. The van der Waals surface area contributed by atoms with Crippen molar-refractivity contribution in [3.8, 4) is 0 Å². The lowest BCUT2D eigenvalue weighted by Gasteiger charge is -2.34. The topological polar surface area (TPSA) is 42.9 Å². The number of aliphatic imine (C=N–C) groups is 1. The lowest BCUT2D eigenvalue weighted by molar-refractivity contribution is 0.131. The monoisotopic (exact) mass is 457 g/mol. The van der Waals surface area contributed by atoms with Gasteiger partial charge in [-0.15, -0.1) is 30.6 Å². The molecule has 0 unspecified atom stereocenters. The molecule has 0 spiro atoms. The average molecular weight is 457 g/mol. The summed E-state index contributed by atoms with van der Waals surface area (Å²) in [6, 6.07) is 8.68. The second kappa shape index (κ2) is 12.3. The van der Waals surface area contributed by atoms with Gasteiger partial charge >= 0.3 is 0 Å². The first-order valence-corrected chi connectivity index (χ1v) is 8.83. The Labute approximate surface area is 169 Å². The maximum atomic E-state index is 4.23. The molecule has 6 heteroatoms. The van der Waals surface area contributed by atoms with E-state index in [1.54, 1.807) is 7.05 Å². The van der Waals surface area contributed by atoms with Crippen molar-refractivity contribution < 1.29 is 0 Å². The van der Waals surface area contributed by atoms with E-state index in [9.17, 15) is 0 Å². The highest BCUT2D eigenvalue weighted by atomic mass is 127. The van der Waals surface area contributed by atoms with Gasteiger partial charge in [-0.1, -0.05) is 37.3 Å². The molecule has 1 aliphatic rings. The van der Waals surface area contributed by atoms with Gasteiger partial charge in [0, 0.05) is 52.9 Å². The van der Waals surface area contributed by atoms with E-state index in [2.05, 4.69) is 63.2 Å². The maximum Gasteiger partial charge on any atom is 0.191 e. The Morgan fingerprint density at radius 1 is 1.12 bits per heavy atom. The zero-order chi connectivity index (χ0) is 17.2. The largest absolute Gasteiger partial charge is 0.353 e. The first kappa shape index (κ1) is 21.9. The van der Waals surface area contributed by atoms with Gasteiger partial charge < -0.3 is 15.5 Å². The highest BCUT2D eigenvalue weighted by Gasteiger charge is 2.16. The number of likely N-dealkylation sites (N-methyl/N-ethyl adjacent to an activating group) is 1. The Kier molecular flexibility index (Phi) is 10.8. The van der Waals surface area contributed by atoms with E-state index in [0.717, 1.165) is 38.7 Å².